The molecule has 25 heavy (non-hydrogen) atoms. The van der Waals surface area contributed by atoms with Crippen LogP contribution < -0.4 is 10.6 Å². The van der Waals surface area contributed by atoms with Crippen LogP contribution in [0.2, 0.25) is 0 Å². The maximum Gasteiger partial charge on any atom is 0.261 e. The van der Waals surface area contributed by atoms with Gasteiger partial charge in [-0.05, 0) is 25.0 Å². The zero-order chi connectivity index (χ0) is 18.2. The number of carbonyl (C=O) groups is 4. The van der Waals surface area contributed by atoms with Crippen LogP contribution in [0.3, 0.4) is 0 Å². The van der Waals surface area contributed by atoms with E-state index >= 15 is 0 Å². The van der Waals surface area contributed by atoms with Gasteiger partial charge in [-0.15, -0.1) is 0 Å². The Hall–Kier alpha value is -2.70. The van der Waals surface area contributed by atoms with Gasteiger partial charge in [0, 0.05) is 32.5 Å². The summed E-state index contributed by atoms with van der Waals surface area (Å²) in [5, 5.41) is 5.41. The van der Waals surface area contributed by atoms with Crippen LogP contribution in [0.5, 0.6) is 0 Å². The van der Waals surface area contributed by atoms with Crippen molar-refractivity contribution >= 4 is 23.6 Å². The molecule has 1 aliphatic rings. The monoisotopic (exact) mass is 345 g/mol. The van der Waals surface area contributed by atoms with Crippen molar-refractivity contribution in [3.05, 3.63) is 35.4 Å². The topological polar surface area (TPSA) is 95.6 Å². The molecule has 1 heterocycles. The number of nitrogens with one attached hydrogen (secondary N) is 2. The Labute approximate surface area is 146 Å². The largest absolute Gasteiger partial charge is 0.354 e. The number of fused-ring (bicyclic) bond motifs is 1. The first-order chi connectivity index (χ1) is 12.0. The number of imide groups is 1. The lowest BCUT2D eigenvalue weighted by Gasteiger charge is -2.13. The van der Waals surface area contributed by atoms with E-state index in [1.165, 1.54) is 4.90 Å². The average Bonchev–Trinajstić information content (AvgIpc) is 2.84. The lowest BCUT2D eigenvalue weighted by Crippen LogP contribution is -2.35. The number of hydrogen-bond acceptors (Lipinski definition) is 4. The van der Waals surface area contributed by atoms with Gasteiger partial charge in [0.15, 0.2) is 0 Å². The van der Waals surface area contributed by atoms with Crippen LogP contribution in [0.4, 0.5) is 0 Å². The minimum absolute atomic E-state index is 0.0256. The van der Waals surface area contributed by atoms with E-state index in [4.69, 9.17) is 0 Å². The smallest absolute Gasteiger partial charge is 0.261 e. The Kier molecular flexibility index (Phi) is 6.68. The van der Waals surface area contributed by atoms with Crippen molar-refractivity contribution in [3.8, 4) is 0 Å². The third-order valence-electron chi connectivity index (χ3n) is 3.91. The van der Waals surface area contributed by atoms with E-state index < -0.39 is 0 Å². The van der Waals surface area contributed by atoms with Crippen molar-refractivity contribution in [3.63, 3.8) is 0 Å². The molecule has 0 atom stereocenters. The highest BCUT2D eigenvalue weighted by molar-refractivity contribution is 6.21. The van der Waals surface area contributed by atoms with Crippen molar-refractivity contribution in [2.75, 3.05) is 19.6 Å². The summed E-state index contributed by atoms with van der Waals surface area (Å²) in [6.07, 6.45) is 1.89. The predicted octanol–water partition coefficient (Wildman–Crippen LogP) is 1.10. The summed E-state index contributed by atoms with van der Waals surface area (Å²) in [6.45, 7) is 2.90. The zero-order valence-electron chi connectivity index (χ0n) is 14.3. The molecule has 0 aromatic heterocycles. The molecular weight excluding hydrogens is 322 g/mol. The maximum atomic E-state index is 12.2. The molecule has 7 nitrogen and oxygen atoms in total. The molecule has 0 bridgehead atoms. The molecule has 0 fully saturated rings. The zero-order valence-corrected chi connectivity index (χ0v) is 14.3. The lowest BCUT2D eigenvalue weighted by atomic mass is 10.1. The van der Waals surface area contributed by atoms with Crippen LogP contribution in [-0.2, 0) is 9.59 Å². The molecule has 0 saturated carbocycles. The highest BCUT2D eigenvalue weighted by atomic mass is 16.2. The number of rotatable bonds is 9. The SMILES string of the molecule is CCCC(=O)NCCNC(=O)CCCN1C(=O)c2ccccc2C1=O. The van der Waals surface area contributed by atoms with Crippen molar-refractivity contribution in [1.29, 1.82) is 0 Å². The van der Waals surface area contributed by atoms with Gasteiger partial charge in [0.05, 0.1) is 11.1 Å². The number of nitrogens with zero attached hydrogens (tertiary/aromatic N) is 1. The van der Waals surface area contributed by atoms with E-state index in [2.05, 4.69) is 10.6 Å². The summed E-state index contributed by atoms with van der Waals surface area (Å²) < 4.78 is 0. The number of benzene rings is 1. The predicted molar refractivity (Wildman–Crippen MR) is 92.0 cm³/mol. The second-order valence-electron chi connectivity index (χ2n) is 5.86. The average molecular weight is 345 g/mol. The summed E-state index contributed by atoms with van der Waals surface area (Å²) in [6, 6.07) is 6.71. The third kappa shape index (κ3) is 4.89. The van der Waals surface area contributed by atoms with Gasteiger partial charge < -0.3 is 10.6 Å². The molecule has 2 rings (SSSR count). The van der Waals surface area contributed by atoms with Crippen LogP contribution in [0.15, 0.2) is 24.3 Å². The van der Waals surface area contributed by atoms with E-state index in [1.807, 2.05) is 6.92 Å². The summed E-state index contributed by atoms with van der Waals surface area (Å²) in [4.78, 5) is 48.6. The van der Waals surface area contributed by atoms with Crippen LogP contribution in [0.25, 0.3) is 0 Å². The van der Waals surface area contributed by atoms with Gasteiger partial charge in [0.2, 0.25) is 11.8 Å². The fourth-order valence-corrected chi connectivity index (χ4v) is 2.65. The molecule has 0 radical (unpaired) electrons. The van der Waals surface area contributed by atoms with Crippen LogP contribution in [-0.4, -0.2) is 48.2 Å². The Morgan fingerprint density at radius 3 is 1.96 bits per heavy atom. The van der Waals surface area contributed by atoms with E-state index in [1.54, 1.807) is 24.3 Å². The fraction of sp³-hybridized carbons (Fsp3) is 0.444. The summed E-state index contributed by atoms with van der Waals surface area (Å²) in [5.41, 5.74) is 0.833. The van der Waals surface area contributed by atoms with Gasteiger partial charge in [0.1, 0.15) is 0 Å². The Bertz CT molecular complexity index is 637. The van der Waals surface area contributed by atoms with E-state index in [0.29, 0.717) is 37.1 Å². The standard InChI is InChI=1S/C18H23N3O4/c1-2-6-15(22)19-10-11-20-16(23)9-5-12-21-17(24)13-7-3-4-8-14(13)18(21)25/h3-4,7-8H,2,5-6,9-12H2,1H3,(H,19,22)(H,20,23). The third-order valence-corrected chi connectivity index (χ3v) is 3.91. The highest BCUT2D eigenvalue weighted by Crippen LogP contribution is 2.22. The molecule has 2 N–H and O–H groups in total. The van der Waals surface area contributed by atoms with Gasteiger partial charge in [-0.2, -0.15) is 0 Å². The van der Waals surface area contributed by atoms with Gasteiger partial charge in [-0.1, -0.05) is 19.1 Å². The Morgan fingerprint density at radius 2 is 1.44 bits per heavy atom. The molecule has 1 aromatic carbocycles. The quantitative estimate of drug-likeness (QED) is 0.517. The van der Waals surface area contributed by atoms with E-state index in [0.717, 1.165) is 6.42 Å². The molecular formula is C18H23N3O4. The highest BCUT2D eigenvalue weighted by Gasteiger charge is 2.34. The van der Waals surface area contributed by atoms with E-state index in [9.17, 15) is 19.2 Å². The van der Waals surface area contributed by atoms with Gasteiger partial charge in [-0.3, -0.25) is 24.1 Å². The Balaban J connectivity index is 1.66. The minimum Gasteiger partial charge on any atom is -0.354 e. The van der Waals surface area contributed by atoms with Crippen LogP contribution in [0.1, 0.15) is 53.3 Å². The summed E-state index contributed by atoms with van der Waals surface area (Å²) in [5.74, 6) is -0.803. The maximum absolute atomic E-state index is 12.2. The van der Waals surface area contributed by atoms with Gasteiger partial charge in [0.25, 0.3) is 11.8 Å². The normalized spacial score (nSPS) is 12.9. The summed E-state index contributed by atoms with van der Waals surface area (Å²) >= 11 is 0. The second-order valence-corrected chi connectivity index (χ2v) is 5.86. The van der Waals surface area contributed by atoms with Crippen LogP contribution in [0, 0.1) is 0 Å². The molecule has 134 valence electrons. The van der Waals surface area contributed by atoms with Gasteiger partial charge in [-0.25, -0.2) is 0 Å². The molecule has 0 saturated heterocycles. The minimum atomic E-state index is -0.306. The van der Waals surface area contributed by atoms with Crippen molar-refractivity contribution in [1.82, 2.24) is 15.5 Å². The molecule has 0 spiro atoms. The first-order valence-corrected chi connectivity index (χ1v) is 8.53. The first-order valence-electron chi connectivity index (χ1n) is 8.53. The number of amides is 4. The summed E-state index contributed by atoms with van der Waals surface area (Å²) in [7, 11) is 0. The molecule has 4 amide bonds. The van der Waals surface area contributed by atoms with Crippen molar-refractivity contribution < 1.29 is 19.2 Å². The molecule has 0 aliphatic carbocycles. The molecule has 0 unspecified atom stereocenters. The fourth-order valence-electron chi connectivity index (χ4n) is 2.65. The van der Waals surface area contributed by atoms with E-state index in [-0.39, 0.29) is 36.6 Å². The first kappa shape index (κ1) is 18.6. The molecule has 1 aromatic rings. The Morgan fingerprint density at radius 1 is 0.920 bits per heavy atom. The molecule has 7 heteroatoms. The van der Waals surface area contributed by atoms with Gasteiger partial charge >= 0.3 is 0 Å². The second kappa shape index (κ2) is 8.96. The number of carbonyl (C=O) groups excluding carboxylic acids is 4. The number of hydrogen-bond donors (Lipinski definition) is 2. The van der Waals surface area contributed by atoms with Crippen molar-refractivity contribution in [2.24, 2.45) is 0 Å². The lowest BCUT2D eigenvalue weighted by molar-refractivity contribution is -0.123. The van der Waals surface area contributed by atoms with Crippen molar-refractivity contribution in [2.45, 2.75) is 32.6 Å². The van der Waals surface area contributed by atoms with Crippen LogP contribution >= 0.6 is 0 Å². The molecule has 1 aliphatic heterocycles.